The molecule has 0 saturated heterocycles. The fourth-order valence-electron chi connectivity index (χ4n) is 1.32. The maximum absolute atomic E-state index is 11.3. The van der Waals surface area contributed by atoms with Crippen LogP contribution in [0, 0.1) is 0 Å². The number of benzene rings is 1. The number of hydrogen-bond acceptors (Lipinski definition) is 3. The Morgan fingerprint density at radius 1 is 1.41 bits per heavy atom. The van der Waals surface area contributed by atoms with E-state index >= 15 is 0 Å². The number of esters is 1. The van der Waals surface area contributed by atoms with Crippen molar-refractivity contribution in [2.75, 3.05) is 13.2 Å². The van der Waals surface area contributed by atoms with Crippen LogP contribution in [0.2, 0.25) is 5.02 Å². The van der Waals surface area contributed by atoms with Crippen LogP contribution in [-0.2, 0) is 16.1 Å². The van der Waals surface area contributed by atoms with Gasteiger partial charge < -0.3 is 10.1 Å². The third-order valence-electron chi connectivity index (χ3n) is 2.30. The molecular formula is C13H18ClNO2. The molecule has 1 aromatic carbocycles. The van der Waals surface area contributed by atoms with E-state index in [2.05, 4.69) is 12.2 Å². The average molecular weight is 256 g/mol. The molecule has 0 aromatic heterocycles. The molecule has 0 bridgehead atoms. The Bertz CT molecular complexity index is 355. The van der Waals surface area contributed by atoms with E-state index < -0.39 is 0 Å². The molecule has 3 nitrogen and oxygen atoms in total. The van der Waals surface area contributed by atoms with Gasteiger partial charge in [-0.3, -0.25) is 4.79 Å². The summed E-state index contributed by atoms with van der Waals surface area (Å²) in [6.07, 6.45) is 1.94. The molecule has 0 aliphatic rings. The average Bonchev–Trinajstić information content (AvgIpc) is 2.32. The maximum atomic E-state index is 11.3. The second-order valence-corrected chi connectivity index (χ2v) is 4.18. The summed E-state index contributed by atoms with van der Waals surface area (Å²) in [4.78, 5) is 11.3. The Hall–Kier alpha value is -1.06. The fraction of sp³-hybridized carbons (Fsp3) is 0.462. The smallest absolute Gasteiger partial charge is 0.319 e. The van der Waals surface area contributed by atoms with Gasteiger partial charge in [-0.25, -0.2) is 0 Å². The molecule has 0 radical (unpaired) electrons. The lowest BCUT2D eigenvalue weighted by atomic mass is 10.2. The molecule has 0 fully saturated rings. The Morgan fingerprint density at radius 2 is 2.18 bits per heavy atom. The molecule has 4 heteroatoms. The van der Waals surface area contributed by atoms with E-state index in [0.29, 0.717) is 18.2 Å². The quantitative estimate of drug-likeness (QED) is 0.601. The summed E-state index contributed by atoms with van der Waals surface area (Å²) >= 11 is 5.99. The Morgan fingerprint density at radius 3 is 2.88 bits per heavy atom. The minimum Gasteiger partial charge on any atom is -0.465 e. The van der Waals surface area contributed by atoms with Crippen molar-refractivity contribution in [3.63, 3.8) is 0 Å². The first kappa shape index (κ1) is 14.0. The van der Waals surface area contributed by atoms with E-state index in [1.807, 2.05) is 24.3 Å². The van der Waals surface area contributed by atoms with Crippen molar-refractivity contribution in [1.29, 1.82) is 0 Å². The number of halogens is 1. The highest BCUT2D eigenvalue weighted by molar-refractivity contribution is 6.31. The molecule has 94 valence electrons. The topological polar surface area (TPSA) is 38.3 Å². The van der Waals surface area contributed by atoms with Crippen molar-refractivity contribution in [1.82, 2.24) is 5.32 Å². The van der Waals surface area contributed by atoms with Crippen LogP contribution >= 0.6 is 11.6 Å². The maximum Gasteiger partial charge on any atom is 0.319 e. The van der Waals surface area contributed by atoms with Gasteiger partial charge in [0.1, 0.15) is 0 Å². The minimum absolute atomic E-state index is 0.217. The summed E-state index contributed by atoms with van der Waals surface area (Å²) in [5.41, 5.74) is 0.982. The highest BCUT2D eigenvalue weighted by Gasteiger charge is 2.03. The van der Waals surface area contributed by atoms with E-state index in [9.17, 15) is 4.79 Å². The van der Waals surface area contributed by atoms with Gasteiger partial charge in [0.25, 0.3) is 0 Å². The molecule has 0 saturated carbocycles. The SMILES string of the molecule is CCCCOC(=O)CNCc1ccccc1Cl. The van der Waals surface area contributed by atoms with Crippen LogP contribution in [0.25, 0.3) is 0 Å². The zero-order valence-corrected chi connectivity index (χ0v) is 10.8. The summed E-state index contributed by atoms with van der Waals surface area (Å²) in [7, 11) is 0. The Labute approximate surface area is 107 Å². The van der Waals surface area contributed by atoms with Gasteiger partial charge in [0.15, 0.2) is 0 Å². The van der Waals surface area contributed by atoms with Gasteiger partial charge in [0.2, 0.25) is 0 Å². The monoisotopic (exact) mass is 255 g/mol. The summed E-state index contributed by atoms with van der Waals surface area (Å²) in [6, 6.07) is 7.56. The predicted molar refractivity (Wildman–Crippen MR) is 69.0 cm³/mol. The highest BCUT2D eigenvalue weighted by atomic mass is 35.5. The minimum atomic E-state index is -0.217. The number of carbonyl (C=O) groups excluding carboxylic acids is 1. The van der Waals surface area contributed by atoms with Crippen LogP contribution in [0.4, 0.5) is 0 Å². The van der Waals surface area contributed by atoms with Gasteiger partial charge in [-0.15, -0.1) is 0 Å². The molecule has 0 atom stereocenters. The van der Waals surface area contributed by atoms with E-state index in [1.165, 1.54) is 0 Å². The first-order valence-electron chi connectivity index (χ1n) is 5.83. The van der Waals surface area contributed by atoms with Crippen molar-refractivity contribution >= 4 is 17.6 Å². The summed E-state index contributed by atoms with van der Waals surface area (Å²) in [5, 5.41) is 3.72. The third kappa shape index (κ3) is 5.71. The van der Waals surface area contributed by atoms with E-state index in [-0.39, 0.29) is 12.5 Å². The molecule has 0 heterocycles. The number of ether oxygens (including phenoxy) is 1. The molecule has 17 heavy (non-hydrogen) atoms. The Balaban J connectivity index is 2.19. The Kier molecular flexibility index (Phi) is 6.67. The largest absolute Gasteiger partial charge is 0.465 e. The van der Waals surface area contributed by atoms with Gasteiger partial charge in [0, 0.05) is 11.6 Å². The van der Waals surface area contributed by atoms with Crippen molar-refractivity contribution in [2.45, 2.75) is 26.3 Å². The standard InChI is InChI=1S/C13H18ClNO2/c1-2-3-8-17-13(16)10-15-9-11-6-4-5-7-12(11)14/h4-7,15H,2-3,8-10H2,1H3. The molecule has 0 aliphatic heterocycles. The van der Waals surface area contributed by atoms with E-state index in [4.69, 9.17) is 16.3 Å². The van der Waals surface area contributed by atoms with Gasteiger partial charge in [0.05, 0.1) is 13.2 Å². The second-order valence-electron chi connectivity index (χ2n) is 3.77. The van der Waals surface area contributed by atoms with Crippen LogP contribution in [0.3, 0.4) is 0 Å². The third-order valence-corrected chi connectivity index (χ3v) is 2.67. The molecule has 1 aromatic rings. The van der Waals surface area contributed by atoms with Crippen LogP contribution < -0.4 is 5.32 Å². The fourth-order valence-corrected chi connectivity index (χ4v) is 1.52. The number of carbonyl (C=O) groups is 1. The number of unbranched alkanes of at least 4 members (excludes halogenated alkanes) is 1. The van der Waals surface area contributed by atoms with Crippen molar-refractivity contribution in [3.05, 3.63) is 34.9 Å². The van der Waals surface area contributed by atoms with Gasteiger partial charge in [-0.2, -0.15) is 0 Å². The summed E-state index contributed by atoms with van der Waals surface area (Å²) < 4.78 is 5.02. The molecule has 1 rings (SSSR count). The molecule has 0 unspecified atom stereocenters. The van der Waals surface area contributed by atoms with Crippen LogP contribution in [0.15, 0.2) is 24.3 Å². The number of nitrogens with one attached hydrogen (secondary N) is 1. The van der Waals surface area contributed by atoms with Crippen molar-refractivity contribution in [3.8, 4) is 0 Å². The lowest BCUT2D eigenvalue weighted by Gasteiger charge is -2.07. The molecule has 1 N–H and O–H groups in total. The second kappa shape index (κ2) is 8.09. The van der Waals surface area contributed by atoms with Gasteiger partial charge in [-0.05, 0) is 18.1 Å². The van der Waals surface area contributed by atoms with Crippen LogP contribution in [0.5, 0.6) is 0 Å². The van der Waals surface area contributed by atoms with Crippen LogP contribution in [-0.4, -0.2) is 19.1 Å². The van der Waals surface area contributed by atoms with Crippen LogP contribution in [0.1, 0.15) is 25.3 Å². The summed E-state index contributed by atoms with van der Waals surface area (Å²) in [6.45, 7) is 3.35. The van der Waals surface area contributed by atoms with Gasteiger partial charge in [-0.1, -0.05) is 43.1 Å². The normalized spacial score (nSPS) is 10.2. The lowest BCUT2D eigenvalue weighted by Crippen LogP contribution is -2.24. The summed E-state index contributed by atoms with van der Waals surface area (Å²) in [5.74, 6) is -0.217. The number of hydrogen-bond donors (Lipinski definition) is 1. The molecular weight excluding hydrogens is 238 g/mol. The molecule has 0 aliphatic carbocycles. The lowest BCUT2D eigenvalue weighted by molar-refractivity contribution is -0.142. The highest BCUT2D eigenvalue weighted by Crippen LogP contribution is 2.13. The van der Waals surface area contributed by atoms with E-state index in [1.54, 1.807) is 0 Å². The zero-order valence-electron chi connectivity index (χ0n) is 10.0. The molecule has 0 spiro atoms. The first-order chi connectivity index (χ1) is 8.24. The zero-order chi connectivity index (χ0) is 12.5. The first-order valence-corrected chi connectivity index (χ1v) is 6.21. The molecule has 0 amide bonds. The predicted octanol–water partition coefficient (Wildman–Crippen LogP) is 2.77. The number of rotatable bonds is 7. The van der Waals surface area contributed by atoms with E-state index in [0.717, 1.165) is 18.4 Å². The van der Waals surface area contributed by atoms with Crippen molar-refractivity contribution in [2.24, 2.45) is 0 Å². The van der Waals surface area contributed by atoms with Crippen molar-refractivity contribution < 1.29 is 9.53 Å². The van der Waals surface area contributed by atoms with Gasteiger partial charge >= 0.3 is 5.97 Å².